The van der Waals surface area contributed by atoms with Gasteiger partial charge in [0.25, 0.3) is 0 Å². The van der Waals surface area contributed by atoms with E-state index < -0.39 is 11.7 Å². The molecule has 0 bridgehead atoms. The molecule has 21 heavy (non-hydrogen) atoms. The van der Waals surface area contributed by atoms with Crippen LogP contribution in [0, 0.1) is 0 Å². The van der Waals surface area contributed by atoms with Crippen LogP contribution in [0.15, 0.2) is 35.3 Å². The van der Waals surface area contributed by atoms with Crippen molar-refractivity contribution in [3.8, 4) is 0 Å². The van der Waals surface area contributed by atoms with Crippen molar-refractivity contribution in [2.75, 3.05) is 11.9 Å². The molecule has 115 valence electrons. The Morgan fingerprint density at radius 2 is 1.95 bits per heavy atom. The molecule has 1 amide bonds. The Balaban J connectivity index is 2.39. The van der Waals surface area contributed by atoms with Crippen molar-refractivity contribution >= 4 is 32.5 Å². The molecule has 1 unspecified atom stereocenters. The summed E-state index contributed by atoms with van der Waals surface area (Å²) in [6.07, 6.45) is -0.428. The number of amides is 1. The zero-order valence-corrected chi connectivity index (χ0v) is 14.6. The second-order valence-electron chi connectivity index (χ2n) is 5.68. The molecule has 0 aromatic heterocycles. The molecule has 6 heteroatoms. The molecular formula is C15H22N3O2Se. The Morgan fingerprint density at radius 1 is 1.33 bits per heavy atom. The molecule has 0 fully saturated rings. The summed E-state index contributed by atoms with van der Waals surface area (Å²) in [7, 11) is 0. The Morgan fingerprint density at radius 3 is 2.52 bits per heavy atom. The number of hydrogen-bond acceptors (Lipinski definition) is 3. The van der Waals surface area contributed by atoms with Gasteiger partial charge in [-0.2, -0.15) is 0 Å². The fraction of sp³-hybridized carbons (Fsp3) is 0.467. The zero-order chi connectivity index (χ0) is 15.9. The third kappa shape index (κ3) is 8.37. The standard InChI is InChI=1S/C15H22N3O2Se/c1-11(17-14(19)20-15(2,3)4)10-16-13(21)18-12-8-6-5-7-9-12/h5-9,11H,10H2,1-4H3,(H,16,18)(H,17,19). The number of carbonyl (C=O) groups excluding carboxylic acids is 1. The topological polar surface area (TPSA) is 62.7 Å². The monoisotopic (exact) mass is 356 g/mol. The number of anilines is 1. The average Bonchev–Trinajstić information content (AvgIpc) is 2.35. The van der Waals surface area contributed by atoms with Gasteiger partial charge in [-0.25, -0.2) is 0 Å². The fourth-order valence-corrected chi connectivity index (χ4v) is 1.86. The van der Waals surface area contributed by atoms with Gasteiger partial charge in [-0.05, 0) is 0 Å². The van der Waals surface area contributed by atoms with E-state index in [1.165, 1.54) is 0 Å². The Bertz CT molecular complexity index is 483. The van der Waals surface area contributed by atoms with E-state index in [0.717, 1.165) is 5.69 Å². The van der Waals surface area contributed by atoms with Gasteiger partial charge in [-0.1, -0.05) is 0 Å². The molecule has 1 aromatic carbocycles. The average molecular weight is 355 g/mol. The molecule has 0 aliphatic carbocycles. The second-order valence-corrected chi connectivity index (χ2v) is 6.50. The first-order valence-electron chi connectivity index (χ1n) is 6.79. The third-order valence-electron chi connectivity index (χ3n) is 2.30. The van der Waals surface area contributed by atoms with Gasteiger partial charge in [-0.3, -0.25) is 0 Å². The van der Waals surface area contributed by atoms with E-state index in [1.807, 2.05) is 58.0 Å². The number of benzene rings is 1. The summed E-state index contributed by atoms with van der Waals surface area (Å²) in [5.41, 5.74) is 0.466. The van der Waals surface area contributed by atoms with Gasteiger partial charge in [-0.15, -0.1) is 0 Å². The van der Waals surface area contributed by atoms with Crippen molar-refractivity contribution in [2.45, 2.75) is 39.3 Å². The minimum atomic E-state index is -0.494. The molecule has 1 atom stereocenters. The number of alkyl carbamates (subject to hydrolysis) is 1. The van der Waals surface area contributed by atoms with Gasteiger partial charge in [0.1, 0.15) is 0 Å². The summed E-state index contributed by atoms with van der Waals surface area (Å²) in [6.45, 7) is 7.83. The van der Waals surface area contributed by atoms with Crippen LogP contribution in [0.4, 0.5) is 10.5 Å². The first kappa shape index (κ1) is 17.5. The van der Waals surface area contributed by atoms with Crippen LogP contribution in [0.3, 0.4) is 0 Å². The molecule has 0 spiro atoms. The van der Waals surface area contributed by atoms with Gasteiger partial charge >= 0.3 is 134 Å². The number of aliphatic imine (C=N–C) groups is 1. The van der Waals surface area contributed by atoms with Crippen LogP contribution >= 0.6 is 0 Å². The van der Waals surface area contributed by atoms with Gasteiger partial charge < -0.3 is 0 Å². The number of rotatable bonds is 4. The van der Waals surface area contributed by atoms with Crippen molar-refractivity contribution < 1.29 is 9.53 Å². The molecule has 0 saturated heterocycles. The fourth-order valence-electron chi connectivity index (χ4n) is 1.46. The first-order valence-corrected chi connectivity index (χ1v) is 7.65. The number of nitrogens with one attached hydrogen (secondary N) is 2. The number of hydrogen-bond donors (Lipinski definition) is 2. The van der Waals surface area contributed by atoms with E-state index in [4.69, 9.17) is 4.74 Å². The van der Waals surface area contributed by atoms with Crippen molar-refractivity contribution in [1.82, 2.24) is 5.32 Å². The maximum atomic E-state index is 11.6. The molecule has 1 rings (SSSR count). The first-order chi connectivity index (χ1) is 9.76. The third-order valence-corrected chi connectivity index (χ3v) is 2.78. The molecule has 0 aliphatic rings. The van der Waals surface area contributed by atoms with E-state index in [1.54, 1.807) is 0 Å². The minimum absolute atomic E-state index is 0.110. The predicted octanol–water partition coefficient (Wildman–Crippen LogP) is 2.54. The molecule has 0 saturated carbocycles. The summed E-state index contributed by atoms with van der Waals surface area (Å²) in [5, 5.41) is 5.89. The van der Waals surface area contributed by atoms with Crippen LogP contribution in [-0.4, -0.2) is 45.0 Å². The number of ether oxygens (including phenoxy) is 1. The van der Waals surface area contributed by atoms with Gasteiger partial charge in [0.05, 0.1) is 0 Å². The number of para-hydroxylation sites is 1. The zero-order valence-electron chi connectivity index (χ0n) is 12.8. The van der Waals surface area contributed by atoms with Crippen LogP contribution < -0.4 is 10.6 Å². The molecule has 0 aliphatic heterocycles. The van der Waals surface area contributed by atoms with Gasteiger partial charge in [0.15, 0.2) is 0 Å². The van der Waals surface area contributed by atoms with E-state index >= 15 is 0 Å². The van der Waals surface area contributed by atoms with E-state index in [9.17, 15) is 4.79 Å². The molecule has 0 heterocycles. The Labute approximate surface area is 134 Å². The molecule has 1 aromatic rings. The summed E-state index contributed by atoms with van der Waals surface area (Å²) >= 11 is 2.87. The Hall–Kier alpha value is -1.52. The second kappa shape index (κ2) is 8.05. The number of amidine groups is 1. The van der Waals surface area contributed by atoms with Gasteiger partial charge in [0, 0.05) is 0 Å². The quantitative estimate of drug-likeness (QED) is 0.496. The van der Waals surface area contributed by atoms with Crippen LogP contribution in [0.1, 0.15) is 27.7 Å². The van der Waals surface area contributed by atoms with Crippen LogP contribution in [0.2, 0.25) is 0 Å². The molecule has 5 nitrogen and oxygen atoms in total. The van der Waals surface area contributed by atoms with Crippen molar-refractivity contribution in [2.24, 2.45) is 4.99 Å². The molecule has 2 N–H and O–H groups in total. The molecule has 1 radical (unpaired) electrons. The predicted molar refractivity (Wildman–Crippen MR) is 87.0 cm³/mol. The molecular weight excluding hydrogens is 333 g/mol. The normalized spacial score (nSPS) is 13.4. The van der Waals surface area contributed by atoms with Crippen molar-refractivity contribution in [3.05, 3.63) is 30.3 Å². The SMILES string of the molecule is CC(CN=C([Se])Nc1ccccc1)NC(=O)OC(C)(C)C. The summed E-state index contributed by atoms with van der Waals surface area (Å²) < 4.78 is 5.87. The van der Waals surface area contributed by atoms with Crippen LogP contribution in [-0.2, 0) is 4.74 Å². The van der Waals surface area contributed by atoms with Crippen LogP contribution in [0.25, 0.3) is 0 Å². The maximum absolute atomic E-state index is 11.6. The summed E-state index contributed by atoms with van der Waals surface area (Å²) in [5.74, 6) is 0. The summed E-state index contributed by atoms with van der Waals surface area (Å²) in [6, 6.07) is 9.64. The summed E-state index contributed by atoms with van der Waals surface area (Å²) in [4.78, 5) is 15.9. The van der Waals surface area contributed by atoms with Gasteiger partial charge in [0.2, 0.25) is 0 Å². The van der Waals surface area contributed by atoms with Crippen molar-refractivity contribution in [3.63, 3.8) is 0 Å². The van der Waals surface area contributed by atoms with E-state index in [0.29, 0.717) is 11.3 Å². The number of carbonyl (C=O) groups is 1. The van der Waals surface area contributed by atoms with Crippen molar-refractivity contribution in [1.29, 1.82) is 0 Å². The number of nitrogens with zero attached hydrogens (tertiary/aromatic N) is 1. The Kier molecular flexibility index (Phi) is 6.72. The van der Waals surface area contributed by atoms with E-state index in [2.05, 4.69) is 31.6 Å². The van der Waals surface area contributed by atoms with Crippen LogP contribution in [0.5, 0.6) is 0 Å². The van der Waals surface area contributed by atoms with E-state index in [-0.39, 0.29) is 6.04 Å².